The molecule has 2 heterocycles. The Balaban J connectivity index is 2.35. The normalized spacial score (nSPS) is 16.0. The van der Waals surface area contributed by atoms with E-state index in [1.54, 1.807) is 43.6 Å². The van der Waals surface area contributed by atoms with Crippen LogP contribution in [0.25, 0.3) is 5.70 Å². The Morgan fingerprint density at radius 2 is 2.13 bits per heavy atom. The Labute approximate surface area is 177 Å². The Hall–Kier alpha value is -3.64. The first-order valence-electron chi connectivity index (χ1n) is 9.09. The number of aromatic nitrogens is 1. The van der Waals surface area contributed by atoms with Crippen LogP contribution in [0.2, 0.25) is 0 Å². The Morgan fingerprint density at radius 1 is 1.37 bits per heavy atom. The summed E-state index contributed by atoms with van der Waals surface area (Å²) in [4.78, 5) is 29.8. The Bertz CT molecular complexity index is 1100. The van der Waals surface area contributed by atoms with Crippen molar-refractivity contribution < 1.29 is 19.1 Å². The van der Waals surface area contributed by atoms with Crippen molar-refractivity contribution in [2.24, 2.45) is 5.73 Å². The van der Waals surface area contributed by atoms with E-state index in [0.29, 0.717) is 33.3 Å². The molecule has 2 aromatic rings. The van der Waals surface area contributed by atoms with E-state index in [9.17, 15) is 14.9 Å². The van der Waals surface area contributed by atoms with E-state index < -0.39 is 17.8 Å². The number of dihydropyridines is 1. The molecule has 0 radical (unpaired) electrons. The summed E-state index contributed by atoms with van der Waals surface area (Å²) in [5, 5.41) is 14.7. The predicted molar refractivity (Wildman–Crippen MR) is 111 cm³/mol. The van der Waals surface area contributed by atoms with Gasteiger partial charge in [0.15, 0.2) is 0 Å². The summed E-state index contributed by atoms with van der Waals surface area (Å²) in [7, 11) is 1.46. The molecule has 1 atom stereocenters. The lowest BCUT2D eigenvalue weighted by Crippen LogP contribution is -2.34. The number of methoxy groups -OCH3 is 1. The summed E-state index contributed by atoms with van der Waals surface area (Å²) in [6, 6.07) is 6.86. The van der Waals surface area contributed by atoms with Crippen molar-refractivity contribution in [2.45, 2.75) is 19.8 Å². The van der Waals surface area contributed by atoms with Crippen LogP contribution >= 0.6 is 11.3 Å². The molecule has 0 spiro atoms. The molecule has 0 aliphatic carbocycles. The summed E-state index contributed by atoms with van der Waals surface area (Å²) >= 11 is 1.34. The number of carbonyl (C=O) groups is 2. The summed E-state index contributed by atoms with van der Waals surface area (Å²) < 4.78 is 10.8. The number of nitrogens with zero attached hydrogens (tertiary/aromatic N) is 2. The summed E-state index contributed by atoms with van der Waals surface area (Å²) in [5.74, 6) is -1.79. The first kappa shape index (κ1) is 21.1. The van der Waals surface area contributed by atoms with Gasteiger partial charge in [-0.3, -0.25) is 4.79 Å². The fourth-order valence-corrected chi connectivity index (χ4v) is 4.08. The number of thiazole rings is 1. The van der Waals surface area contributed by atoms with Crippen molar-refractivity contribution in [2.75, 3.05) is 13.7 Å². The molecule has 3 N–H and O–H groups in total. The molecule has 3 rings (SSSR count). The standard InChI is InChI=1S/C21H20N4O4S/c1-4-29-21(27)17-16(13-6-5-12(10-22)9-14(13)28-3)15(19(23)26)11(2)25-18(17)20-24-7-8-30-20/h5-9,16,25H,4H2,1-3H3,(H2,23,26). The highest BCUT2D eigenvalue weighted by atomic mass is 32.1. The minimum atomic E-state index is -0.857. The summed E-state index contributed by atoms with van der Waals surface area (Å²) in [5.41, 5.74) is 7.97. The average Bonchev–Trinajstić information content (AvgIpc) is 3.27. The second kappa shape index (κ2) is 8.80. The second-order valence-electron chi connectivity index (χ2n) is 6.38. The maximum absolute atomic E-state index is 13.1. The number of hydrogen-bond acceptors (Lipinski definition) is 8. The average molecular weight is 424 g/mol. The van der Waals surface area contributed by atoms with E-state index in [1.165, 1.54) is 18.4 Å². The van der Waals surface area contributed by atoms with E-state index in [4.69, 9.17) is 15.2 Å². The van der Waals surface area contributed by atoms with Crippen LogP contribution in [-0.4, -0.2) is 30.6 Å². The fourth-order valence-electron chi connectivity index (χ4n) is 3.43. The van der Waals surface area contributed by atoms with Gasteiger partial charge in [0.05, 0.1) is 42.5 Å². The molecule has 1 unspecified atom stereocenters. The Kier molecular flexibility index (Phi) is 6.18. The van der Waals surface area contributed by atoms with Crippen molar-refractivity contribution in [3.05, 3.63) is 62.8 Å². The molecule has 154 valence electrons. The lowest BCUT2D eigenvalue weighted by Gasteiger charge is -2.31. The SMILES string of the molecule is CCOC(=O)C1=C(c2nccs2)NC(C)=C(C(N)=O)C1c1ccc(C#N)cc1OC. The molecule has 0 bridgehead atoms. The zero-order chi connectivity index (χ0) is 21.8. The smallest absolute Gasteiger partial charge is 0.337 e. The van der Waals surface area contributed by atoms with Gasteiger partial charge in [-0.15, -0.1) is 11.3 Å². The quantitative estimate of drug-likeness (QED) is 0.682. The number of nitrogens with two attached hydrogens (primary N) is 1. The highest BCUT2D eigenvalue weighted by Gasteiger charge is 2.40. The number of allylic oxidation sites excluding steroid dienone is 1. The number of amides is 1. The molecule has 1 aliphatic rings. The minimum absolute atomic E-state index is 0.152. The van der Waals surface area contributed by atoms with E-state index in [-0.39, 0.29) is 17.8 Å². The van der Waals surface area contributed by atoms with Crippen LogP contribution in [0.15, 0.2) is 46.6 Å². The Morgan fingerprint density at radius 3 is 2.70 bits per heavy atom. The molecule has 1 aromatic heterocycles. The zero-order valence-corrected chi connectivity index (χ0v) is 17.5. The molecular weight excluding hydrogens is 404 g/mol. The third-order valence-electron chi connectivity index (χ3n) is 4.64. The van der Waals surface area contributed by atoms with Crippen LogP contribution in [-0.2, 0) is 14.3 Å². The monoisotopic (exact) mass is 424 g/mol. The largest absolute Gasteiger partial charge is 0.496 e. The molecule has 0 saturated heterocycles. The molecular formula is C21H20N4O4S. The van der Waals surface area contributed by atoms with Gasteiger partial charge in [0, 0.05) is 28.4 Å². The van der Waals surface area contributed by atoms with Gasteiger partial charge in [-0.2, -0.15) is 5.26 Å². The van der Waals surface area contributed by atoms with Gasteiger partial charge in [0.25, 0.3) is 0 Å². The maximum atomic E-state index is 13.1. The molecule has 0 fully saturated rings. The van der Waals surface area contributed by atoms with Crippen LogP contribution in [0.4, 0.5) is 0 Å². The first-order valence-corrected chi connectivity index (χ1v) is 9.97. The van der Waals surface area contributed by atoms with Crippen LogP contribution in [0.1, 0.15) is 35.9 Å². The number of nitrogens with one attached hydrogen (secondary N) is 1. The van der Waals surface area contributed by atoms with Gasteiger partial charge in [0.1, 0.15) is 10.8 Å². The lowest BCUT2D eigenvalue weighted by atomic mass is 9.79. The molecule has 1 aliphatic heterocycles. The molecule has 1 aromatic carbocycles. The van der Waals surface area contributed by atoms with Gasteiger partial charge in [-0.1, -0.05) is 6.07 Å². The van der Waals surface area contributed by atoms with E-state index in [0.717, 1.165) is 0 Å². The van der Waals surface area contributed by atoms with E-state index >= 15 is 0 Å². The number of esters is 1. The van der Waals surface area contributed by atoms with Crippen LogP contribution in [0, 0.1) is 11.3 Å². The molecule has 9 heteroatoms. The van der Waals surface area contributed by atoms with Gasteiger partial charge >= 0.3 is 5.97 Å². The van der Waals surface area contributed by atoms with Crippen LogP contribution < -0.4 is 15.8 Å². The zero-order valence-electron chi connectivity index (χ0n) is 16.7. The summed E-state index contributed by atoms with van der Waals surface area (Å²) in [6.07, 6.45) is 1.62. The van der Waals surface area contributed by atoms with Gasteiger partial charge in [0.2, 0.25) is 5.91 Å². The fraction of sp³-hybridized carbons (Fsp3) is 0.238. The van der Waals surface area contributed by atoms with Crippen LogP contribution in [0.5, 0.6) is 5.75 Å². The number of ether oxygens (including phenoxy) is 2. The predicted octanol–water partition coefficient (Wildman–Crippen LogP) is 2.44. The van der Waals surface area contributed by atoms with Crippen molar-refractivity contribution >= 4 is 28.9 Å². The first-order chi connectivity index (χ1) is 14.4. The topological polar surface area (TPSA) is 127 Å². The summed E-state index contributed by atoms with van der Waals surface area (Å²) in [6.45, 7) is 3.56. The van der Waals surface area contributed by atoms with Crippen molar-refractivity contribution in [3.63, 3.8) is 0 Å². The number of primary amides is 1. The van der Waals surface area contributed by atoms with Gasteiger partial charge in [-0.05, 0) is 26.0 Å². The minimum Gasteiger partial charge on any atom is -0.496 e. The van der Waals surface area contributed by atoms with Gasteiger partial charge < -0.3 is 20.5 Å². The number of nitriles is 1. The molecule has 30 heavy (non-hydrogen) atoms. The second-order valence-corrected chi connectivity index (χ2v) is 7.27. The van der Waals surface area contributed by atoms with Crippen molar-refractivity contribution in [1.82, 2.24) is 10.3 Å². The number of carbonyl (C=O) groups excluding carboxylic acids is 2. The van der Waals surface area contributed by atoms with E-state index in [2.05, 4.69) is 16.4 Å². The number of rotatable bonds is 6. The maximum Gasteiger partial charge on any atom is 0.337 e. The van der Waals surface area contributed by atoms with Crippen LogP contribution in [0.3, 0.4) is 0 Å². The molecule has 8 nitrogen and oxygen atoms in total. The van der Waals surface area contributed by atoms with Gasteiger partial charge in [-0.25, -0.2) is 9.78 Å². The highest BCUT2D eigenvalue weighted by Crippen LogP contribution is 2.44. The highest BCUT2D eigenvalue weighted by molar-refractivity contribution is 7.10. The molecule has 0 saturated carbocycles. The third kappa shape index (κ3) is 3.77. The lowest BCUT2D eigenvalue weighted by molar-refractivity contribution is -0.138. The molecule has 1 amide bonds. The van der Waals surface area contributed by atoms with E-state index in [1.807, 2.05) is 0 Å². The van der Waals surface area contributed by atoms with Crippen molar-refractivity contribution in [3.8, 4) is 11.8 Å². The number of hydrogen-bond donors (Lipinski definition) is 2. The third-order valence-corrected chi connectivity index (χ3v) is 5.43. The van der Waals surface area contributed by atoms with Crippen molar-refractivity contribution in [1.29, 1.82) is 5.26 Å². The number of benzene rings is 1.